The number of benzene rings is 1. The fourth-order valence-corrected chi connectivity index (χ4v) is 6.75. The van der Waals surface area contributed by atoms with Gasteiger partial charge in [-0.15, -0.1) is 0 Å². The van der Waals surface area contributed by atoms with Crippen LogP contribution < -0.4 is 0 Å². The molecule has 11 nitrogen and oxygen atoms in total. The molecular weight excluding hydrogens is 634 g/mol. The van der Waals surface area contributed by atoms with Gasteiger partial charge in [-0.3, -0.25) is 14.7 Å². The van der Waals surface area contributed by atoms with Gasteiger partial charge < -0.3 is 19.1 Å². The predicted octanol–water partition coefficient (Wildman–Crippen LogP) is 7.31. The summed E-state index contributed by atoms with van der Waals surface area (Å²) >= 11 is 0. The van der Waals surface area contributed by atoms with Gasteiger partial charge in [-0.2, -0.15) is 0 Å². The van der Waals surface area contributed by atoms with Gasteiger partial charge in [0.25, 0.3) is 5.91 Å². The Balaban J connectivity index is 1.43. The van der Waals surface area contributed by atoms with Crippen molar-refractivity contribution in [1.82, 2.24) is 24.3 Å². The number of amides is 2. The largest absolute Gasteiger partial charge is 0.444 e. The molecule has 11 heteroatoms. The molecule has 1 fully saturated rings. The Hall–Kier alpha value is -4.77. The Morgan fingerprint density at radius 1 is 0.860 bits per heavy atom. The molecule has 0 saturated carbocycles. The van der Waals surface area contributed by atoms with Crippen LogP contribution in [0.25, 0.3) is 22.2 Å². The van der Waals surface area contributed by atoms with Crippen molar-refractivity contribution >= 4 is 29.1 Å². The number of rotatable bonds is 3. The lowest BCUT2D eigenvalue weighted by molar-refractivity contribution is -0.0334. The molecule has 3 aromatic heterocycles. The average Bonchev–Trinajstić information content (AvgIpc) is 3.37. The van der Waals surface area contributed by atoms with Crippen molar-refractivity contribution in [2.45, 2.75) is 92.5 Å². The number of hydrogen-bond acceptors (Lipinski definition) is 8. The number of aromatic nitrogens is 3. The van der Waals surface area contributed by atoms with Crippen LogP contribution in [0.2, 0.25) is 0 Å². The molecule has 5 heterocycles. The Bertz CT molecular complexity index is 1970. The Morgan fingerprint density at radius 3 is 2.22 bits per heavy atom. The molecule has 50 heavy (non-hydrogen) atoms. The first-order valence-corrected chi connectivity index (χ1v) is 17.2. The second-order valence-electron chi connectivity index (χ2n) is 15.3. The van der Waals surface area contributed by atoms with Crippen molar-refractivity contribution in [3.05, 3.63) is 81.9 Å². The maximum absolute atomic E-state index is 13.8. The first-order chi connectivity index (χ1) is 23.5. The van der Waals surface area contributed by atoms with Gasteiger partial charge in [-0.05, 0) is 121 Å². The molecule has 0 aliphatic carbocycles. The van der Waals surface area contributed by atoms with Gasteiger partial charge in [0.05, 0.1) is 19.3 Å². The number of aryl methyl sites for hydroxylation is 3. The molecule has 2 amide bonds. The van der Waals surface area contributed by atoms with Crippen molar-refractivity contribution < 1.29 is 28.6 Å². The standard InChI is InChI=1S/C39H47N5O6/c1-23-20-44(37(47)50-39(7,8)9)34-30(23)18-29(19-40-34)27-16-26-10-11-42(35(45)28-14-24(2)41-25(3)15-28)21-32(26)31(17-27)33-22-48-13-12-43(33)36(46)49-38(4,5)6/h14-20,33H,10-13,21-22H2,1-9H3/t33-/m0/s1. The van der Waals surface area contributed by atoms with Gasteiger partial charge >= 0.3 is 12.2 Å². The van der Waals surface area contributed by atoms with Crippen LogP contribution in [0.3, 0.4) is 0 Å². The van der Waals surface area contributed by atoms with Crippen LogP contribution in [-0.2, 0) is 27.2 Å². The highest BCUT2D eigenvalue weighted by molar-refractivity contribution is 5.95. The lowest BCUT2D eigenvalue weighted by Crippen LogP contribution is -2.46. The number of carbonyl (C=O) groups is 3. The van der Waals surface area contributed by atoms with E-state index >= 15 is 0 Å². The summed E-state index contributed by atoms with van der Waals surface area (Å²) in [4.78, 5) is 53.3. The van der Waals surface area contributed by atoms with E-state index in [2.05, 4.69) is 17.1 Å². The second kappa shape index (κ2) is 13.2. The van der Waals surface area contributed by atoms with E-state index in [9.17, 15) is 14.4 Å². The van der Waals surface area contributed by atoms with Crippen molar-refractivity contribution in [3.8, 4) is 11.1 Å². The van der Waals surface area contributed by atoms with E-state index in [0.29, 0.717) is 50.5 Å². The Labute approximate surface area is 293 Å². The zero-order valence-corrected chi connectivity index (χ0v) is 30.5. The zero-order valence-electron chi connectivity index (χ0n) is 30.5. The summed E-state index contributed by atoms with van der Waals surface area (Å²) < 4.78 is 18.9. The summed E-state index contributed by atoms with van der Waals surface area (Å²) in [5.74, 6) is -0.0530. The Morgan fingerprint density at radius 2 is 1.54 bits per heavy atom. The summed E-state index contributed by atoms with van der Waals surface area (Å²) in [6.07, 6.45) is 3.27. The molecule has 0 spiro atoms. The molecule has 0 bridgehead atoms. The van der Waals surface area contributed by atoms with Crippen molar-refractivity contribution in [3.63, 3.8) is 0 Å². The molecule has 2 aliphatic heterocycles. The average molecular weight is 682 g/mol. The maximum atomic E-state index is 13.8. The zero-order chi connectivity index (χ0) is 36.1. The topological polar surface area (TPSA) is 116 Å². The quantitative estimate of drug-likeness (QED) is 0.221. The van der Waals surface area contributed by atoms with Gasteiger partial charge in [0.1, 0.15) is 16.8 Å². The fraction of sp³-hybridized carbons (Fsp3) is 0.462. The first kappa shape index (κ1) is 35.1. The molecule has 4 aromatic rings. The summed E-state index contributed by atoms with van der Waals surface area (Å²) in [5, 5.41) is 0.837. The van der Waals surface area contributed by atoms with Crippen LogP contribution in [0.1, 0.15) is 91.6 Å². The molecular formula is C39H47N5O6. The van der Waals surface area contributed by atoms with Crippen molar-refractivity contribution in [2.75, 3.05) is 26.3 Å². The normalized spacial score (nSPS) is 16.7. The van der Waals surface area contributed by atoms with Gasteiger partial charge in [0.2, 0.25) is 0 Å². The minimum atomic E-state index is -0.667. The summed E-state index contributed by atoms with van der Waals surface area (Å²) in [6, 6.07) is 9.52. The van der Waals surface area contributed by atoms with Gasteiger partial charge in [-0.25, -0.2) is 19.1 Å². The third-order valence-corrected chi connectivity index (χ3v) is 8.87. The molecule has 0 N–H and O–H groups in total. The third kappa shape index (κ3) is 7.38. The minimum absolute atomic E-state index is 0.0530. The summed E-state index contributed by atoms with van der Waals surface area (Å²) in [7, 11) is 0. The van der Waals surface area contributed by atoms with E-state index < -0.39 is 29.4 Å². The van der Waals surface area contributed by atoms with E-state index in [-0.39, 0.29) is 5.91 Å². The molecule has 0 radical (unpaired) electrons. The van der Waals surface area contributed by atoms with E-state index in [0.717, 1.165) is 50.2 Å². The van der Waals surface area contributed by atoms with Crippen LogP contribution in [0.4, 0.5) is 9.59 Å². The summed E-state index contributed by atoms with van der Waals surface area (Å²) in [5.41, 5.74) is 7.11. The lowest BCUT2D eigenvalue weighted by Gasteiger charge is -2.39. The highest BCUT2D eigenvalue weighted by atomic mass is 16.6. The predicted molar refractivity (Wildman–Crippen MR) is 190 cm³/mol. The summed E-state index contributed by atoms with van der Waals surface area (Å²) in [6.45, 7) is 18.8. The van der Waals surface area contributed by atoms with Crippen LogP contribution in [0.15, 0.2) is 42.7 Å². The van der Waals surface area contributed by atoms with Gasteiger partial charge in [-0.1, -0.05) is 6.07 Å². The second-order valence-corrected chi connectivity index (χ2v) is 15.3. The third-order valence-electron chi connectivity index (χ3n) is 8.87. The number of fused-ring (bicyclic) bond motifs is 2. The molecule has 6 rings (SSSR count). The number of morpholine rings is 1. The van der Waals surface area contributed by atoms with Crippen LogP contribution in [0.5, 0.6) is 0 Å². The van der Waals surface area contributed by atoms with Crippen LogP contribution in [0, 0.1) is 20.8 Å². The van der Waals surface area contributed by atoms with E-state index in [1.165, 1.54) is 4.57 Å². The molecule has 1 aromatic carbocycles. The van der Waals surface area contributed by atoms with Crippen LogP contribution >= 0.6 is 0 Å². The van der Waals surface area contributed by atoms with Gasteiger partial charge in [0, 0.05) is 59.9 Å². The molecule has 264 valence electrons. The van der Waals surface area contributed by atoms with Gasteiger partial charge in [0.15, 0.2) is 0 Å². The fourth-order valence-electron chi connectivity index (χ4n) is 6.75. The molecule has 0 unspecified atom stereocenters. The molecule has 1 saturated heterocycles. The number of hydrogen-bond donors (Lipinski definition) is 0. The Kier molecular flexibility index (Phi) is 9.24. The number of pyridine rings is 2. The highest BCUT2D eigenvalue weighted by Crippen LogP contribution is 2.38. The van der Waals surface area contributed by atoms with E-state index in [1.807, 2.05) is 85.4 Å². The number of nitrogens with zero attached hydrogens (tertiary/aromatic N) is 5. The van der Waals surface area contributed by atoms with Crippen molar-refractivity contribution in [1.29, 1.82) is 0 Å². The minimum Gasteiger partial charge on any atom is -0.444 e. The maximum Gasteiger partial charge on any atom is 0.420 e. The first-order valence-electron chi connectivity index (χ1n) is 17.2. The molecule has 1 atom stereocenters. The molecule has 2 aliphatic rings. The highest BCUT2D eigenvalue weighted by Gasteiger charge is 2.36. The SMILES string of the molecule is Cc1cc(C(=O)N2CCc3cc(-c4cnc5c(c4)c(C)cn5C(=O)OC(C)(C)C)cc([C@@H]4COCCN4C(=O)OC(C)(C)C)c3C2)cc(C)n1. The number of carbonyl (C=O) groups excluding carboxylic acids is 3. The van der Waals surface area contributed by atoms with Crippen LogP contribution in [-0.4, -0.2) is 79.9 Å². The van der Waals surface area contributed by atoms with E-state index in [1.54, 1.807) is 17.3 Å². The lowest BCUT2D eigenvalue weighted by atomic mass is 9.86. The van der Waals surface area contributed by atoms with E-state index in [4.69, 9.17) is 19.2 Å². The number of ether oxygens (including phenoxy) is 3. The van der Waals surface area contributed by atoms with Crippen molar-refractivity contribution in [2.24, 2.45) is 0 Å². The monoisotopic (exact) mass is 681 g/mol. The smallest absolute Gasteiger partial charge is 0.420 e.